The van der Waals surface area contributed by atoms with Crippen LogP contribution in [0.15, 0.2) is 41.4 Å². The first-order chi connectivity index (χ1) is 14.8. The Kier molecular flexibility index (Phi) is 6.99. The summed E-state index contributed by atoms with van der Waals surface area (Å²) in [6, 6.07) is 6.94. The third-order valence-corrected chi connectivity index (χ3v) is 6.24. The molecule has 31 heavy (non-hydrogen) atoms. The minimum Gasteiger partial charge on any atom is -0.495 e. The van der Waals surface area contributed by atoms with Gasteiger partial charge >= 0.3 is 5.82 Å². The fourth-order valence-electron chi connectivity index (χ4n) is 2.85. The van der Waals surface area contributed by atoms with Gasteiger partial charge in [0.15, 0.2) is 6.61 Å². The fourth-order valence-corrected chi connectivity index (χ4v) is 4.44. The fraction of sp³-hybridized carbons (Fsp3) is 0.333. The zero-order chi connectivity index (χ0) is 22.4. The van der Waals surface area contributed by atoms with Crippen molar-refractivity contribution in [1.29, 1.82) is 0 Å². The number of nitrogens with one attached hydrogen (secondary N) is 1. The number of benzene rings is 1. The highest BCUT2D eigenvalue weighted by Gasteiger charge is 2.29. The number of morpholine rings is 1. The van der Waals surface area contributed by atoms with Crippen molar-refractivity contribution >= 4 is 27.4 Å². The van der Waals surface area contributed by atoms with Gasteiger partial charge in [-0.2, -0.15) is 4.31 Å². The summed E-state index contributed by atoms with van der Waals surface area (Å²) in [5.74, 6) is -1.18. The van der Waals surface area contributed by atoms with Crippen molar-refractivity contribution in [2.24, 2.45) is 0 Å². The normalized spacial score (nSPS) is 14.6. The molecule has 0 saturated carbocycles. The Morgan fingerprint density at radius 3 is 2.71 bits per heavy atom. The Morgan fingerprint density at radius 1 is 1.29 bits per heavy atom. The average molecular weight is 452 g/mol. The van der Waals surface area contributed by atoms with Gasteiger partial charge < -0.3 is 29.6 Å². The van der Waals surface area contributed by atoms with Crippen LogP contribution in [0.4, 0.5) is 11.5 Å². The van der Waals surface area contributed by atoms with Crippen molar-refractivity contribution in [1.82, 2.24) is 9.29 Å². The van der Waals surface area contributed by atoms with Gasteiger partial charge in [0, 0.05) is 18.8 Å². The van der Waals surface area contributed by atoms with Crippen LogP contribution in [0, 0.1) is 10.1 Å². The van der Waals surface area contributed by atoms with Crippen molar-refractivity contribution in [2.45, 2.75) is 4.90 Å². The smallest absolute Gasteiger partial charge is 0.406 e. The summed E-state index contributed by atoms with van der Waals surface area (Å²) in [4.78, 5) is 26.0. The number of hydrogen-bond donors (Lipinski definition) is 1. The van der Waals surface area contributed by atoms with Gasteiger partial charge in [-0.25, -0.2) is 8.42 Å². The molecule has 166 valence electrons. The molecule has 1 aliphatic rings. The molecule has 13 heteroatoms. The first kappa shape index (κ1) is 22.4. The zero-order valence-corrected chi connectivity index (χ0v) is 17.3. The number of carbonyl (C=O) groups is 1. The van der Waals surface area contributed by atoms with Crippen LogP contribution in [0.3, 0.4) is 0 Å². The molecule has 1 fully saturated rings. The van der Waals surface area contributed by atoms with Gasteiger partial charge in [0.25, 0.3) is 5.91 Å². The maximum atomic E-state index is 13.0. The highest BCUT2D eigenvalue weighted by atomic mass is 32.2. The zero-order valence-electron chi connectivity index (χ0n) is 16.5. The maximum Gasteiger partial charge on any atom is 0.406 e. The van der Waals surface area contributed by atoms with E-state index in [1.807, 2.05) is 0 Å². The van der Waals surface area contributed by atoms with E-state index >= 15 is 0 Å². The van der Waals surface area contributed by atoms with Crippen molar-refractivity contribution in [3.8, 4) is 11.5 Å². The molecule has 0 bridgehead atoms. The summed E-state index contributed by atoms with van der Waals surface area (Å²) in [6.07, 6.45) is 1.23. The Labute approximate surface area is 177 Å². The standard InChI is InChI=1S/C18H20N4O8S/c1-28-14-5-4-13(11-16(14)31(26,27)21-7-9-29-10-8-21)20-17(23)12-30-15-3-2-6-19-18(15)22(24)25/h2-6,11H,7-10,12H2,1H3,(H,20,23). The number of methoxy groups -OCH3 is 1. The molecule has 3 rings (SSSR count). The minimum absolute atomic E-state index is 0.0986. The summed E-state index contributed by atoms with van der Waals surface area (Å²) in [6.45, 7) is 0.454. The largest absolute Gasteiger partial charge is 0.495 e. The van der Waals surface area contributed by atoms with Gasteiger partial charge in [-0.3, -0.25) is 4.79 Å². The van der Waals surface area contributed by atoms with Gasteiger partial charge in [0.1, 0.15) is 16.8 Å². The van der Waals surface area contributed by atoms with E-state index in [0.717, 1.165) is 0 Å². The number of hydrogen-bond acceptors (Lipinski definition) is 9. The molecule has 2 heterocycles. The number of rotatable bonds is 8. The van der Waals surface area contributed by atoms with Crippen LogP contribution in [0.5, 0.6) is 11.5 Å². The number of carbonyl (C=O) groups excluding carboxylic acids is 1. The Morgan fingerprint density at radius 2 is 2.03 bits per heavy atom. The van der Waals surface area contributed by atoms with E-state index in [9.17, 15) is 23.3 Å². The SMILES string of the molecule is COc1ccc(NC(=O)COc2cccnc2[N+](=O)[O-])cc1S(=O)(=O)N1CCOCC1. The van der Waals surface area contributed by atoms with Crippen LogP contribution in [0.1, 0.15) is 0 Å². The number of anilines is 1. The Balaban J connectivity index is 1.74. The lowest BCUT2D eigenvalue weighted by Gasteiger charge is -2.26. The number of nitrogens with zero attached hydrogens (tertiary/aromatic N) is 3. The van der Waals surface area contributed by atoms with Gasteiger partial charge in [0.2, 0.25) is 15.8 Å². The monoisotopic (exact) mass is 452 g/mol. The first-order valence-electron chi connectivity index (χ1n) is 9.11. The molecule has 1 amide bonds. The molecule has 1 N–H and O–H groups in total. The van der Waals surface area contributed by atoms with Crippen LogP contribution >= 0.6 is 0 Å². The minimum atomic E-state index is -3.87. The second kappa shape index (κ2) is 9.68. The van der Waals surface area contributed by atoms with E-state index in [4.69, 9.17) is 14.2 Å². The summed E-state index contributed by atoms with van der Waals surface area (Å²) in [5, 5.41) is 13.5. The summed E-state index contributed by atoms with van der Waals surface area (Å²) < 4.78 is 42.8. The average Bonchev–Trinajstić information content (AvgIpc) is 2.78. The van der Waals surface area contributed by atoms with Crippen LogP contribution < -0.4 is 14.8 Å². The lowest BCUT2D eigenvalue weighted by molar-refractivity contribution is -0.390. The summed E-state index contributed by atoms with van der Waals surface area (Å²) in [7, 11) is -2.52. The van der Waals surface area contributed by atoms with Crippen molar-refractivity contribution < 1.29 is 32.3 Å². The number of amides is 1. The van der Waals surface area contributed by atoms with E-state index in [-0.39, 0.29) is 48.4 Å². The highest BCUT2D eigenvalue weighted by molar-refractivity contribution is 7.89. The summed E-state index contributed by atoms with van der Waals surface area (Å²) in [5.41, 5.74) is 0.196. The van der Waals surface area contributed by atoms with E-state index in [0.29, 0.717) is 0 Å². The molecule has 0 spiro atoms. The molecule has 1 aliphatic heterocycles. The van der Waals surface area contributed by atoms with Crippen molar-refractivity contribution in [3.63, 3.8) is 0 Å². The van der Waals surface area contributed by atoms with Crippen molar-refractivity contribution in [3.05, 3.63) is 46.6 Å². The molecular formula is C18H20N4O8S. The Hall–Kier alpha value is -3.29. The van der Waals surface area contributed by atoms with Crippen LogP contribution in [-0.2, 0) is 19.6 Å². The molecule has 0 radical (unpaired) electrons. The molecule has 0 aliphatic carbocycles. The van der Waals surface area contributed by atoms with Gasteiger partial charge in [-0.1, -0.05) is 0 Å². The second-order valence-corrected chi connectivity index (χ2v) is 8.21. The van der Waals surface area contributed by atoms with Gasteiger partial charge in [-0.05, 0) is 40.2 Å². The number of nitro groups is 1. The molecule has 1 aromatic carbocycles. The van der Waals surface area contributed by atoms with E-state index in [2.05, 4.69) is 10.3 Å². The maximum absolute atomic E-state index is 13.0. The third kappa shape index (κ3) is 5.25. The molecular weight excluding hydrogens is 432 g/mol. The molecule has 0 unspecified atom stereocenters. The highest BCUT2D eigenvalue weighted by Crippen LogP contribution is 2.30. The van der Waals surface area contributed by atoms with E-state index in [1.165, 1.54) is 47.9 Å². The molecule has 0 atom stereocenters. The molecule has 12 nitrogen and oxygen atoms in total. The first-order valence-corrected chi connectivity index (χ1v) is 10.5. The molecule has 1 saturated heterocycles. The third-order valence-electron chi connectivity index (χ3n) is 4.32. The number of pyridine rings is 1. The lowest BCUT2D eigenvalue weighted by atomic mass is 10.3. The van der Waals surface area contributed by atoms with E-state index < -0.39 is 33.3 Å². The number of sulfonamides is 1. The number of ether oxygens (including phenoxy) is 3. The second-order valence-electron chi connectivity index (χ2n) is 6.30. The van der Waals surface area contributed by atoms with E-state index in [1.54, 1.807) is 0 Å². The van der Waals surface area contributed by atoms with Gasteiger partial charge in [-0.15, -0.1) is 0 Å². The van der Waals surface area contributed by atoms with Gasteiger partial charge in [0.05, 0.1) is 20.3 Å². The van der Waals surface area contributed by atoms with Crippen LogP contribution in [-0.4, -0.2) is 68.6 Å². The molecule has 2 aromatic rings. The van der Waals surface area contributed by atoms with Crippen LogP contribution in [0.25, 0.3) is 0 Å². The number of aromatic nitrogens is 1. The van der Waals surface area contributed by atoms with Crippen LogP contribution in [0.2, 0.25) is 0 Å². The molecule has 1 aromatic heterocycles. The predicted molar refractivity (Wildman–Crippen MR) is 108 cm³/mol. The quantitative estimate of drug-likeness (QED) is 0.457. The van der Waals surface area contributed by atoms with Crippen molar-refractivity contribution in [2.75, 3.05) is 45.3 Å². The topological polar surface area (TPSA) is 150 Å². The lowest BCUT2D eigenvalue weighted by Crippen LogP contribution is -2.40. The Bertz CT molecular complexity index is 1070. The summed E-state index contributed by atoms with van der Waals surface area (Å²) >= 11 is 0. The predicted octanol–water partition coefficient (Wildman–Crippen LogP) is 1.04.